The maximum atomic E-state index is 13.6. The van der Waals surface area contributed by atoms with Gasteiger partial charge in [-0.25, -0.2) is 22.7 Å². The van der Waals surface area contributed by atoms with E-state index >= 15 is 0 Å². The Hall–Kier alpha value is -3.96. The van der Waals surface area contributed by atoms with Crippen molar-refractivity contribution in [3.8, 4) is 11.8 Å². The third kappa shape index (κ3) is 4.68. The summed E-state index contributed by atoms with van der Waals surface area (Å²) in [5, 5.41) is 5.97. The van der Waals surface area contributed by atoms with E-state index in [-0.39, 0.29) is 40.6 Å². The topological polar surface area (TPSA) is 127 Å². The minimum Gasteiger partial charge on any atom is -0.425 e. The molecule has 1 amide bonds. The van der Waals surface area contributed by atoms with Crippen molar-refractivity contribution in [2.75, 3.05) is 17.2 Å². The molecule has 4 aromatic rings. The number of amides is 1. The molecule has 0 unspecified atom stereocenters. The van der Waals surface area contributed by atoms with Crippen molar-refractivity contribution in [3.63, 3.8) is 0 Å². The standard InChI is InChI=1S/C24H23N5O5S/c1-25-23(30)22-21-18(8-5-9-19(21)33-24(22)34-20-12-13-26-14-27-20)29(17-6-3-2-4-7-17)35(31,32)15-28-16-10-11-16/h2-9,12-14,16,28H,10-11,15H2,1H3,(H,25,30). The molecular weight excluding hydrogens is 470 g/mol. The van der Waals surface area contributed by atoms with Gasteiger partial charge in [-0.3, -0.25) is 10.1 Å². The highest BCUT2D eigenvalue weighted by Gasteiger charge is 2.33. The minimum atomic E-state index is -3.89. The van der Waals surface area contributed by atoms with Crippen LogP contribution in [0.2, 0.25) is 0 Å². The molecule has 0 atom stereocenters. The predicted octanol–water partition coefficient (Wildman–Crippen LogP) is 3.55. The number of hydrogen-bond acceptors (Lipinski definition) is 8. The van der Waals surface area contributed by atoms with Gasteiger partial charge >= 0.3 is 5.95 Å². The van der Waals surface area contributed by atoms with Crippen LogP contribution in [-0.2, 0) is 10.0 Å². The third-order valence-corrected chi connectivity index (χ3v) is 6.98. The zero-order valence-corrected chi connectivity index (χ0v) is 19.7. The van der Waals surface area contributed by atoms with Gasteiger partial charge in [0.2, 0.25) is 5.88 Å². The summed E-state index contributed by atoms with van der Waals surface area (Å²) in [7, 11) is -2.41. The van der Waals surface area contributed by atoms with E-state index in [9.17, 15) is 13.2 Å². The highest BCUT2D eigenvalue weighted by molar-refractivity contribution is 7.93. The molecule has 1 saturated carbocycles. The van der Waals surface area contributed by atoms with Gasteiger partial charge in [0.1, 0.15) is 23.4 Å². The van der Waals surface area contributed by atoms with E-state index in [0.29, 0.717) is 11.1 Å². The molecule has 0 aliphatic heterocycles. The van der Waals surface area contributed by atoms with E-state index in [4.69, 9.17) is 9.15 Å². The van der Waals surface area contributed by atoms with Crippen LogP contribution in [-0.4, -0.2) is 43.3 Å². The number of ether oxygens (including phenoxy) is 1. The van der Waals surface area contributed by atoms with Crippen LogP contribution in [0.5, 0.6) is 11.8 Å². The molecule has 0 bridgehead atoms. The highest BCUT2D eigenvalue weighted by Crippen LogP contribution is 2.42. The number of nitrogens with zero attached hydrogens (tertiary/aromatic N) is 3. The van der Waals surface area contributed by atoms with E-state index in [1.807, 2.05) is 0 Å². The van der Waals surface area contributed by atoms with Gasteiger partial charge in [-0.1, -0.05) is 24.3 Å². The molecule has 0 spiro atoms. The van der Waals surface area contributed by atoms with Gasteiger partial charge in [0.25, 0.3) is 15.9 Å². The van der Waals surface area contributed by atoms with Crippen LogP contribution >= 0.6 is 0 Å². The summed E-state index contributed by atoms with van der Waals surface area (Å²) in [4.78, 5) is 20.9. The van der Waals surface area contributed by atoms with E-state index in [1.165, 1.54) is 29.9 Å². The smallest absolute Gasteiger partial charge is 0.305 e. The van der Waals surface area contributed by atoms with Crippen LogP contribution in [0.1, 0.15) is 23.2 Å². The Bertz CT molecular complexity index is 1450. The molecule has 2 heterocycles. The van der Waals surface area contributed by atoms with Crippen LogP contribution in [0.15, 0.2) is 71.5 Å². The first-order valence-electron chi connectivity index (χ1n) is 11.0. The average molecular weight is 494 g/mol. The Labute approximate surface area is 202 Å². The number of furan rings is 1. The fourth-order valence-corrected chi connectivity index (χ4v) is 5.17. The second kappa shape index (κ2) is 9.35. The molecule has 1 fully saturated rings. The lowest BCUT2D eigenvalue weighted by Gasteiger charge is -2.25. The van der Waals surface area contributed by atoms with E-state index in [1.54, 1.807) is 48.5 Å². The van der Waals surface area contributed by atoms with Crippen molar-refractivity contribution >= 4 is 38.3 Å². The largest absolute Gasteiger partial charge is 0.425 e. The number of benzene rings is 2. The van der Waals surface area contributed by atoms with Crippen molar-refractivity contribution in [2.45, 2.75) is 18.9 Å². The molecule has 1 aliphatic carbocycles. The van der Waals surface area contributed by atoms with Crippen molar-refractivity contribution in [1.29, 1.82) is 0 Å². The number of nitrogens with one attached hydrogen (secondary N) is 2. The zero-order chi connectivity index (χ0) is 24.4. The molecule has 2 aromatic heterocycles. The first kappa shape index (κ1) is 22.8. The average Bonchev–Trinajstić information content (AvgIpc) is 3.63. The molecule has 5 rings (SSSR count). The first-order chi connectivity index (χ1) is 17.0. The van der Waals surface area contributed by atoms with Gasteiger partial charge in [-0.2, -0.15) is 0 Å². The van der Waals surface area contributed by atoms with Gasteiger partial charge in [-0.05, 0) is 37.1 Å². The highest BCUT2D eigenvalue weighted by atomic mass is 32.2. The lowest BCUT2D eigenvalue weighted by molar-refractivity contribution is 0.0960. The number of sulfonamides is 1. The lowest BCUT2D eigenvalue weighted by atomic mass is 10.1. The van der Waals surface area contributed by atoms with E-state index in [0.717, 1.165) is 12.8 Å². The minimum absolute atomic E-state index is 0.0583. The van der Waals surface area contributed by atoms with E-state index in [2.05, 4.69) is 20.6 Å². The van der Waals surface area contributed by atoms with E-state index < -0.39 is 15.9 Å². The second-order valence-corrected chi connectivity index (χ2v) is 9.80. The van der Waals surface area contributed by atoms with Gasteiger partial charge in [-0.15, -0.1) is 0 Å². The summed E-state index contributed by atoms with van der Waals surface area (Å²) in [5.74, 6) is -0.679. The Kier molecular flexibility index (Phi) is 6.10. The van der Waals surface area contributed by atoms with Gasteiger partial charge in [0, 0.05) is 25.4 Å². The Morgan fingerprint density at radius 2 is 1.94 bits per heavy atom. The van der Waals surface area contributed by atoms with Crippen LogP contribution in [0.3, 0.4) is 0 Å². The summed E-state index contributed by atoms with van der Waals surface area (Å²) >= 11 is 0. The summed E-state index contributed by atoms with van der Waals surface area (Å²) in [6.45, 7) is 0. The Morgan fingerprint density at radius 1 is 1.14 bits per heavy atom. The molecule has 0 radical (unpaired) electrons. The van der Waals surface area contributed by atoms with Gasteiger partial charge < -0.3 is 14.5 Å². The normalized spacial score (nSPS) is 13.5. The molecule has 10 nitrogen and oxygen atoms in total. The maximum absolute atomic E-state index is 13.6. The SMILES string of the molecule is CNC(=O)c1c(Oc2ccncn2)oc2cccc(N(c3ccccc3)S(=O)(=O)CNC3CC3)c12. The maximum Gasteiger partial charge on any atom is 0.305 e. The molecule has 11 heteroatoms. The van der Waals surface area contributed by atoms with Crippen LogP contribution in [0.25, 0.3) is 11.0 Å². The first-order valence-corrected chi connectivity index (χ1v) is 12.6. The number of aromatic nitrogens is 2. The number of fused-ring (bicyclic) bond motifs is 1. The molecule has 180 valence electrons. The molecule has 35 heavy (non-hydrogen) atoms. The molecular formula is C24H23N5O5S. The fourth-order valence-electron chi connectivity index (χ4n) is 3.70. The Balaban J connectivity index is 1.70. The fraction of sp³-hybridized carbons (Fsp3) is 0.208. The van der Waals surface area contributed by atoms with Crippen LogP contribution in [0.4, 0.5) is 11.4 Å². The van der Waals surface area contributed by atoms with Crippen molar-refractivity contribution in [3.05, 3.63) is 72.7 Å². The number of carbonyl (C=O) groups is 1. The second-order valence-electron chi connectivity index (χ2n) is 7.98. The van der Waals surface area contributed by atoms with Crippen molar-refractivity contribution in [2.24, 2.45) is 0 Å². The summed E-state index contributed by atoms with van der Waals surface area (Å²) in [6.07, 6.45) is 4.69. The predicted molar refractivity (Wildman–Crippen MR) is 130 cm³/mol. The third-order valence-electron chi connectivity index (χ3n) is 5.49. The molecule has 0 saturated heterocycles. The number of carbonyl (C=O) groups excluding carboxylic acids is 1. The monoisotopic (exact) mass is 493 g/mol. The lowest BCUT2D eigenvalue weighted by Crippen LogP contribution is -2.36. The molecule has 1 aliphatic rings. The number of anilines is 2. The molecule has 2 aromatic carbocycles. The summed E-state index contributed by atoms with van der Waals surface area (Å²) < 4.78 is 40.2. The number of para-hydroxylation sites is 1. The van der Waals surface area contributed by atoms with Crippen LogP contribution in [0, 0.1) is 0 Å². The number of rotatable bonds is 9. The zero-order valence-electron chi connectivity index (χ0n) is 18.8. The van der Waals surface area contributed by atoms with Gasteiger partial charge in [0.05, 0.1) is 16.8 Å². The van der Waals surface area contributed by atoms with Crippen molar-refractivity contribution in [1.82, 2.24) is 20.6 Å². The molecule has 2 N–H and O–H groups in total. The Morgan fingerprint density at radius 3 is 2.63 bits per heavy atom. The van der Waals surface area contributed by atoms with Gasteiger partial charge in [0.15, 0.2) is 0 Å². The van der Waals surface area contributed by atoms with Crippen LogP contribution < -0.4 is 19.7 Å². The number of hydrogen-bond donors (Lipinski definition) is 2. The summed E-state index contributed by atoms with van der Waals surface area (Å²) in [6, 6.07) is 15.4. The van der Waals surface area contributed by atoms with Crippen molar-refractivity contribution < 1.29 is 22.4 Å². The quantitative estimate of drug-likeness (QED) is 0.362. The summed E-state index contributed by atoms with van der Waals surface area (Å²) in [5.41, 5.74) is 1.05.